The van der Waals surface area contributed by atoms with Crippen molar-refractivity contribution in [1.29, 1.82) is 0 Å². The molecule has 0 saturated carbocycles. The maximum atomic E-state index is 14.6. The van der Waals surface area contributed by atoms with E-state index in [1.807, 2.05) is 19.1 Å². The molecule has 12 heteroatoms. The molecule has 11 nitrogen and oxygen atoms in total. The average Bonchev–Trinajstić information content (AvgIpc) is 3.61. The minimum atomic E-state index is -0.781. The van der Waals surface area contributed by atoms with Crippen LogP contribution in [0.5, 0.6) is 0 Å². The molecule has 0 bridgehead atoms. The van der Waals surface area contributed by atoms with Gasteiger partial charge in [0.1, 0.15) is 18.0 Å². The van der Waals surface area contributed by atoms with E-state index in [0.717, 1.165) is 38.5 Å². The molecule has 1 atom stereocenters. The first kappa shape index (κ1) is 28.7. The Bertz CT molecular complexity index is 1870. The molecule has 2 aromatic heterocycles. The van der Waals surface area contributed by atoms with Gasteiger partial charge in [0.2, 0.25) is 5.91 Å². The highest BCUT2D eigenvalue weighted by molar-refractivity contribution is 5.99. The van der Waals surface area contributed by atoms with Crippen LogP contribution in [-0.4, -0.2) is 44.9 Å². The van der Waals surface area contributed by atoms with Crippen molar-refractivity contribution in [3.8, 4) is 0 Å². The van der Waals surface area contributed by atoms with Crippen LogP contribution in [0.3, 0.4) is 0 Å². The van der Waals surface area contributed by atoms with Crippen molar-refractivity contribution in [2.24, 2.45) is 0 Å². The van der Waals surface area contributed by atoms with E-state index in [4.69, 9.17) is 4.74 Å². The molecule has 2 aliphatic rings. The van der Waals surface area contributed by atoms with Crippen LogP contribution in [0.4, 0.5) is 10.1 Å². The Morgan fingerprint density at radius 2 is 2.00 bits per heavy atom. The number of carbonyl (C=O) groups excluding carboxylic acids is 4. The van der Waals surface area contributed by atoms with E-state index in [1.165, 1.54) is 12.1 Å². The summed E-state index contributed by atoms with van der Waals surface area (Å²) in [7, 11) is 0. The molecule has 4 aromatic rings. The van der Waals surface area contributed by atoms with Gasteiger partial charge in [0.25, 0.3) is 11.8 Å². The van der Waals surface area contributed by atoms with Crippen molar-refractivity contribution in [3.63, 3.8) is 0 Å². The Kier molecular flexibility index (Phi) is 7.64. The van der Waals surface area contributed by atoms with Crippen molar-refractivity contribution in [2.75, 3.05) is 11.9 Å². The second kappa shape index (κ2) is 11.7. The summed E-state index contributed by atoms with van der Waals surface area (Å²) in [5.74, 6) is -2.46. The van der Waals surface area contributed by atoms with Crippen molar-refractivity contribution in [1.82, 2.24) is 25.2 Å². The molecule has 3 N–H and O–H groups in total. The SMILES string of the molecule is C=CCOC(=O)c1ccc2c(c1C)CC[C@@H]2NC(=O)c1cc(C(=O)NCc2ccc3c(c2)NC(=O)CC3)nc2c(F)cnn12. The fourth-order valence-electron chi connectivity index (χ4n) is 5.71. The molecule has 1 aliphatic heterocycles. The predicted molar refractivity (Wildman–Crippen MR) is 158 cm³/mol. The number of fused-ring (bicyclic) bond motifs is 3. The van der Waals surface area contributed by atoms with Gasteiger partial charge in [-0.2, -0.15) is 5.10 Å². The standard InChI is InChI=1S/C32H29FN6O5/c1-3-12-44-32(43)21-7-8-22-20(17(21)2)9-10-24(22)38-31(42)27-14-26(37-29-23(33)16-35-39(27)29)30(41)34-15-18-4-5-19-6-11-28(40)36-25(19)13-18/h3-5,7-8,13-14,16,24H,1,6,9-12,15H2,2H3,(H,34,41)(H,36,40)(H,38,42)/t24-/m0/s1. The molecule has 0 unspecified atom stereocenters. The third-order valence-electron chi connectivity index (χ3n) is 7.97. The second-order valence-corrected chi connectivity index (χ2v) is 10.7. The molecule has 0 radical (unpaired) electrons. The van der Waals surface area contributed by atoms with Gasteiger partial charge in [-0.15, -0.1) is 0 Å². The minimum Gasteiger partial charge on any atom is -0.458 e. The molecule has 0 saturated heterocycles. The van der Waals surface area contributed by atoms with Crippen LogP contribution in [0.1, 0.15) is 78.0 Å². The molecule has 6 rings (SSSR count). The molecule has 224 valence electrons. The topological polar surface area (TPSA) is 144 Å². The van der Waals surface area contributed by atoms with E-state index in [2.05, 4.69) is 32.6 Å². The fraction of sp³-hybridized carbons (Fsp3) is 0.250. The number of benzene rings is 2. The maximum absolute atomic E-state index is 14.6. The zero-order valence-corrected chi connectivity index (χ0v) is 23.9. The molecule has 3 heterocycles. The number of carbonyl (C=O) groups is 4. The van der Waals surface area contributed by atoms with Gasteiger partial charge < -0.3 is 20.7 Å². The van der Waals surface area contributed by atoms with Gasteiger partial charge in [-0.3, -0.25) is 14.4 Å². The number of ether oxygens (including phenoxy) is 1. The number of anilines is 1. The minimum absolute atomic E-state index is 0.0599. The Hall–Kier alpha value is -5.39. The summed E-state index contributed by atoms with van der Waals surface area (Å²) in [5, 5.41) is 12.5. The van der Waals surface area contributed by atoms with Gasteiger partial charge in [-0.1, -0.05) is 30.9 Å². The third kappa shape index (κ3) is 5.41. The highest BCUT2D eigenvalue weighted by atomic mass is 19.1. The van der Waals surface area contributed by atoms with Crippen molar-refractivity contribution in [2.45, 2.75) is 45.2 Å². The van der Waals surface area contributed by atoms with Crippen LogP contribution >= 0.6 is 0 Å². The van der Waals surface area contributed by atoms with E-state index >= 15 is 0 Å². The number of aryl methyl sites for hydroxylation is 1. The first-order chi connectivity index (χ1) is 21.2. The zero-order valence-electron chi connectivity index (χ0n) is 23.9. The summed E-state index contributed by atoms with van der Waals surface area (Å²) < 4.78 is 20.9. The lowest BCUT2D eigenvalue weighted by molar-refractivity contribution is -0.116. The Morgan fingerprint density at radius 1 is 1.16 bits per heavy atom. The lowest BCUT2D eigenvalue weighted by Gasteiger charge is -2.18. The number of aromatic nitrogens is 3. The van der Waals surface area contributed by atoms with Gasteiger partial charge in [0.05, 0.1) is 17.8 Å². The number of hydrogen-bond acceptors (Lipinski definition) is 7. The number of halogens is 1. The number of nitrogens with zero attached hydrogens (tertiary/aromatic N) is 3. The number of rotatable bonds is 8. The number of hydrogen-bond donors (Lipinski definition) is 3. The first-order valence-corrected chi connectivity index (χ1v) is 14.2. The van der Waals surface area contributed by atoms with Crippen LogP contribution in [0.25, 0.3) is 5.65 Å². The number of nitrogens with one attached hydrogen (secondary N) is 3. The number of esters is 1. The third-order valence-corrected chi connectivity index (χ3v) is 7.97. The predicted octanol–water partition coefficient (Wildman–Crippen LogP) is 3.75. The van der Waals surface area contributed by atoms with Gasteiger partial charge in [-0.25, -0.2) is 18.7 Å². The quantitative estimate of drug-likeness (QED) is 0.208. The molecule has 44 heavy (non-hydrogen) atoms. The highest BCUT2D eigenvalue weighted by Gasteiger charge is 2.29. The van der Waals surface area contributed by atoms with E-state index in [-0.39, 0.29) is 42.1 Å². The lowest BCUT2D eigenvalue weighted by Crippen LogP contribution is -2.31. The molecule has 3 amide bonds. The molecular weight excluding hydrogens is 567 g/mol. The van der Waals surface area contributed by atoms with Crippen LogP contribution in [0.2, 0.25) is 0 Å². The molecule has 0 spiro atoms. The Morgan fingerprint density at radius 3 is 2.82 bits per heavy atom. The molecular formula is C32H29FN6O5. The van der Waals surface area contributed by atoms with E-state index in [1.54, 1.807) is 18.2 Å². The largest absolute Gasteiger partial charge is 0.458 e. The molecule has 0 fully saturated rings. The maximum Gasteiger partial charge on any atom is 0.338 e. The highest BCUT2D eigenvalue weighted by Crippen LogP contribution is 2.35. The fourth-order valence-corrected chi connectivity index (χ4v) is 5.71. The van der Waals surface area contributed by atoms with E-state index < -0.39 is 23.6 Å². The Labute approximate surface area is 251 Å². The van der Waals surface area contributed by atoms with Crippen LogP contribution in [-0.2, 0) is 28.9 Å². The van der Waals surface area contributed by atoms with Crippen molar-refractivity contribution in [3.05, 3.63) is 106 Å². The summed E-state index contributed by atoms with van der Waals surface area (Å²) in [5.41, 5.74) is 5.07. The molecule has 2 aromatic carbocycles. The lowest BCUT2D eigenvalue weighted by atomic mass is 9.98. The average molecular weight is 597 g/mol. The van der Waals surface area contributed by atoms with Crippen molar-refractivity contribution < 1.29 is 28.3 Å². The zero-order chi connectivity index (χ0) is 31.0. The first-order valence-electron chi connectivity index (χ1n) is 14.2. The molecule has 1 aliphatic carbocycles. The van der Waals surface area contributed by atoms with Gasteiger partial charge in [-0.05, 0) is 66.1 Å². The van der Waals surface area contributed by atoms with Crippen LogP contribution < -0.4 is 16.0 Å². The normalized spacial score (nSPS) is 15.2. The summed E-state index contributed by atoms with van der Waals surface area (Å²) in [6, 6.07) is 9.94. The summed E-state index contributed by atoms with van der Waals surface area (Å²) in [4.78, 5) is 55.0. The van der Waals surface area contributed by atoms with E-state index in [0.29, 0.717) is 36.9 Å². The second-order valence-electron chi connectivity index (χ2n) is 10.7. The van der Waals surface area contributed by atoms with E-state index in [9.17, 15) is 23.6 Å². The van der Waals surface area contributed by atoms with Gasteiger partial charge in [0, 0.05) is 24.7 Å². The van der Waals surface area contributed by atoms with Crippen LogP contribution in [0, 0.1) is 12.7 Å². The summed E-state index contributed by atoms with van der Waals surface area (Å²) in [6.07, 6.45) is 4.74. The monoisotopic (exact) mass is 596 g/mol. The van der Waals surface area contributed by atoms with Crippen molar-refractivity contribution >= 4 is 35.0 Å². The summed E-state index contributed by atoms with van der Waals surface area (Å²) >= 11 is 0. The number of amides is 3. The Balaban J connectivity index is 1.21. The smallest absolute Gasteiger partial charge is 0.338 e. The van der Waals surface area contributed by atoms with Gasteiger partial charge in [0.15, 0.2) is 11.5 Å². The van der Waals surface area contributed by atoms with Crippen LogP contribution in [0.15, 0.2) is 55.3 Å². The summed E-state index contributed by atoms with van der Waals surface area (Å²) in [6.45, 7) is 5.64. The van der Waals surface area contributed by atoms with Gasteiger partial charge >= 0.3 is 5.97 Å².